The van der Waals surface area contributed by atoms with Crippen molar-refractivity contribution >= 4 is 0 Å². The molecule has 0 bridgehead atoms. The second-order valence-corrected chi connectivity index (χ2v) is 4.76. The third-order valence-electron chi connectivity index (χ3n) is 2.98. The predicted molar refractivity (Wildman–Crippen MR) is 63.1 cm³/mol. The highest BCUT2D eigenvalue weighted by atomic mass is 16.3. The zero-order valence-corrected chi connectivity index (χ0v) is 10.3. The molecule has 90 valence electrons. The van der Waals surface area contributed by atoms with Crippen LogP contribution < -0.4 is 0 Å². The molecule has 0 spiro atoms. The quantitative estimate of drug-likeness (QED) is 0.675. The monoisotopic (exact) mass is 215 g/mol. The lowest BCUT2D eigenvalue weighted by Crippen LogP contribution is -2.38. The average molecular weight is 215 g/mol. The Kier molecular flexibility index (Phi) is 5.53. The first kappa shape index (κ1) is 12.9. The largest absolute Gasteiger partial charge is 0.392 e. The van der Waals surface area contributed by atoms with Crippen LogP contribution in [0.25, 0.3) is 0 Å². The Labute approximate surface area is 93.5 Å². The van der Waals surface area contributed by atoms with Crippen LogP contribution in [-0.4, -0.2) is 85.8 Å². The van der Waals surface area contributed by atoms with E-state index >= 15 is 0 Å². The predicted octanol–water partition coefficient (Wildman–Crippen LogP) is -0.454. The molecule has 1 saturated heterocycles. The van der Waals surface area contributed by atoms with Gasteiger partial charge in [0.1, 0.15) is 0 Å². The highest BCUT2D eigenvalue weighted by Crippen LogP contribution is 1.98. The molecule has 1 aliphatic rings. The van der Waals surface area contributed by atoms with Crippen LogP contribution in [0.2, 0.25) is 0 Å². The molecule has 0 saturated carbocycles. The number of hydrogen-bond acceptors (Lipinski definition) is 4. The maximum atomic E-state index is 9.40. The van der Waals surface area contributed by atoms with Crippen LogP contribution in [0.3, 0.4) is 0 Å². The van der Waals surface area contributed by atoms with E-state index in [1.165, 1.54) is 0 Å². The summed E-state index contributed by atoms with van der Waals surface area (Å²) in [4.78, 5) is 7.07. The van der Waals surface area contributed by atoms with Gasteiger partial charge < -0.3 is 14.9 Å². The van der Waals surface area contributed by atoms with Crippen LogP contribution in [0.1, 0.15) is 6.92 Å². The first-order valence-electron chi connectivity index (χ1n) is 5.85. The fraction of sp³-hybridized carbons (Fsp3) is 1.00. The van der Waals surface area contributed by atoms with Crippen molar-refractivity contribution in [1.29, 1.82) is 0 Å². The summed E-state index contributed by atoms with van der Waals surface area (Å²) >= 11 is 0. The standard InChI is InChI=1S/C11H25N3O/c1-11(15)10-14-8-6-12(2)4-5-13(3)7-9-14/h11,15H,4-10H2,1-3H3/t11-/m0/s1. The van der Waals surface area contributed by atoms with Gasteiger partial charge in [0.15, 0.2) is 0 Å². The first-order valence-corrected chi connectivity index (χ1v) is 5.85. The normalized spacial score (nSPS) is 25.6. The van der Waals surface area contributed by atoms with Crippen LogP contribution in [0.5, 0.6) is 0 Å². The SMILES string of the molecule is C[C@H](O)CN1CCN(C)CCN(C)CC1. The van der Waals surface area contributed by atoms with Crippen molar-refractivity contribution in [2.75, 3.05) is 59.9 Å². The molecule has 15 heavy (non-hydrogen) atoms. The van der Waals surface area contributed by atoms with Crippen molar-refractivity contribution in [3.05, 3.63) is 0 Å². The van der Waals surface area contributed by atoms with Crippen molar-refractivity contribution < 1.29 is 5.11 Å². The summed E-state index contributed by atoms with van der Waals surface area (Å²) in [5.74, 6) is 0. The van der Waals surface area contributed by atoms with Crippen molar-refractivity contribution in [1.82, 2.24) is 14.7 Å². The molecule has 1 heterocycles. The van der Waals surface area contributed by atoms with Gasteiger partial charge in [0.2, 0.25) is 0 Å². The fourth-order valence-corrected chi connectivity index (χ4v) is 1.86. The number of aliphatic hydroxyl groups is 1. The molecule has 4 heteroatoms. The van der Waals surface area contributed by atoms with Crippen LogP contribution >= 0.6 is 0 Å². The minimum atomic E-state index is -0.221. The molecular weight excluding hydrogens is 190 g/mol. The van der Waals surface area contributed by atoms with Gasteiger partial charge >= 0.3 is 0 Å². The molecule has 0 aliphatic carbocycles. The molecule has 1 atom stereocenters. The maximum absolute atomic E-state index is 9.40. The van der Waals surface area contributed by atoms with Crippen molar-refractivity contribution in [2.45, 2.75) is 13.0 Å². The Balaban J connectivity index is 2.42. The number of likely N-dealkylation sites (N-methyl/N-ethyl adjacent to an activating group) is 2. The molecule has 0 aromatic rings. The lowest BCUT2D eigenvalue weighted by atomic mass is 10.3. The van der Waals surface area contributed by atoms with E-state index in [1.807, 2.05) is 6.92 Å². The summed E-state index contributed by atoms with van der Waals surface area (Å²) in [6.07, 6.45) is -0.221. The van der Waals surface area contributed by atoms with Gasteiger partial charge in [-0.05, 0) is 21.0 Å². The van der Waals surface area contributed by atoms with E-state index in [0.717, 1.165) is 45.8 Å². The molecule has 0 aromatic heterocycles. The van der Waals surface area contributed by atoms with Crippen molar-refractivity contribution in [3.63, 3.8) is 0 Å². The van der Waals surface area contributed by atoms with E-state index in [4.69, 9.17) is 0 Å². The zero-order valence-electron chi connectivity index (χ0n) is 10.3. The van der Waals surface area contributed by atoms with Gasteiger partial charge in [-0.3, -0.25) is 4.90 Å². The topological polar surface area (TPSA) is 30.0 Å². The summed E-state index contributed by atoms with van der Waals surface area (Å²) in [5.41, 5.74) is 0. The Bertz CT molecular complexity index is 161. The molecule has 1 rings (SSSR count). The van der Waals surface area contributed by atoms with Gasteiger partial charge in [0.05, 0.1) is 6.10 Å². The van der Waals surface area contributed by atoms with E-state index in [2.05, 4.69) is 28.8 Å². The summed E-state index contributed by atoms with van der Waals surface area (Å²) in [6.45, 7) is 9.26. The van der Waals surface area contributed by atoms with Crippen LogP contribution in [0, 0.1) is 0 Å². The number of hydrogen-bond donors (Lipinski definition) is 1. The minimum Gasteiger partial charge on any atom is -0.392 e. The van der Waals surface area contributed by atoms with Crippen LogP contribution in [0.15, 0.2) is 0 Å². The molecular formula is C11H25N3O. The molecule has 0 aromatic carbocycles. The summed E-state index contributed by atoms with van der Waals surface area (Å²) in [6, 6.07) is 0. The summed E-state index contributed by atoms with van der Waals surface area (Å²) < 4.78 is 0. The van der Waals surface area contributed by atoms with E-state index in [9.17, 15) is 5.11 Å². The third-order valence-corrected chi connectivity index (χ3v) is 2.98. The maximum Gasteiger partial charge on any atom is 0.0639 e. The molecule has 4 nitrogen and oxygen atoms in total. The van der Waals surface area contributed by atoms with E-state index in [-0.39, 0.29) is 6.10 Å². The second kappa shape index (κ2) is 6.43. The number of β-amino-alcohol motifs (C(OH)–C–C–N with tert-alkyl or cyclic N) is 1. The smallest absolute Gasteiger partial charge is 0.0639 e. The number of nitrogens with zero attached hydrogens (tertiary/aromatic N) is 3. The Morgan fingerprint density at radius 2 is 1.33 bits per heavy atom. The summed E-state index contributed by atoms with van der Waals surface area (Å²) in [7, 11) is 4.33. The van der Waals surface area contributed by atoms with E-state index < -0.39 is 0 Å². The van der Waals surface area contributed by atoms with E-state index in [0.29, 0.717) is 0 Å². The zero-order chi connectivity index (χ0) is 11.3. The fourth-order valence-electron chi connectivity index (χ4n) is 1.86. The second-order valence-electron chi connectivity index (χ2n) is 4.76. The summed E-state index contributed by atoms with van der Waals surface area (Å²) in [5, 5.41) is 9.40. The number of rotatable bonds is 2. The molecule has 1 N–H and O–H groups in total. The van der Waals surface area contributed by atoms with Crippen molar-refractivity contribution in [3.8, 4) is 0 Å². The highest BCUT2D eigenvalue weighted by Gasteiger charge is 2.13. The lowest BCUT2D eigenvalue weighted by molar-refractivity contribution is 0.119. The van der Waals surface area contributed by atoms with Gasteiger partial charge in [-0.25, -0.2) is 0 Å². The van der Waals surface area contributed by atoms with Gasteiger partial charge in [-0.15, -0.1) is 0 Å². The Hall–Kier alpha value is -0.160. The third kappa shape index (κ3) is 5.47. The first-order chi connectivity index (χ1) is 7.08. The molecule has 1 fully saturated rings. The number of aliphatic hydroxyl groups excluding tert-OH is 1. The molecule has 0 radical (unpaired) electrons. The Morgan fingerprint density at radius 1 is 0.933 bits per heavy atom. The van der Waals surface area contributed by atoms with Gasteiger partial charge in [-0.2, -0.15) is 0 Å². The van der Waals surface area contributed by atoms with Crippen LogP contribution in [0.4, 0.5) is 0 Å². The Morgan fingerprint density at radius 3 is 1.73 bits per heavy atom. The minimum absolute atomic E-state index is 0.221. The lowest BCUT2D eigenvalue weighted by Gasteiger charge is -2.25. The molecule has 0 unspecified atom stereocenters. The molecule has 1 aliphatic heterocycles. The van der Waals surface area contributed by atoms with Gasteiger partial charge in [0.25, 0.3) is 0 Å². The van der Waals surface area contributed by atoms with E-state index in [1.54, 1.807) is 0 Å². The van der Waals surface area contributed by atoms with Crippen LogP contribution in [-0.2, 0) is 0 Å². The van der Waals surface area contributed by atoms with Crippen molar-refractivity contribution in [2.24, 2.45) is 0 Å². The molecule has 0 amide bonds. The van der Waals surface area contributed by atoms with Gasteiger partial charge in [0, 0.05) is 45.8 Å². The average Bonchev–Trinajstić information content (AvgIpc) is 2.23. The van der Waals surface area contributed by atoms with Gasteiger partial charge in [-0.1, -0.05) is 0 Å². The highest BCUT2D eigenvalue weighted by molar-refractivity contribution is 4.69.